The maximum Gasteiger partial charge on any atom is 0.289 e. The minimum Gasteiger partial charge on any atom is -0.454 e. The topological polar surface area (TPSA) is 97.0 Å². The Morgan fingerprint density at radius 3 is 3.07 bits per heavy atom. The predicted octanol–water partition coefficient (Wildman–Crippen LogP) is 1.94. The highest BCUT2D eigenvalue weighted by molar-refractivity contribution is 5.91. The minimum absolute atomic E-state index is 0.0576. The third-order valence-electron chi connectivity index (χ3n) is 4.76. The van der Waals surface area contributed by atoms with Crippen molar-refractivity contribution in [3.8, 4) is 0 Å². The summed E-state index contributed by atoms with van der Waals surface area (Å²) in [4.78, 5) is 33.5. The summed E-state index contributed by atoms with van der Waals surface area (Å²) in [5.41, 5.74) is 0.586. The highest BCUT2D eigenvalue weighted by Gasteiger charge is 2.28. The van der Waals surface area contributed by atoms with Crippen molar-refractivity contribution in [2.24, 2.45) is 0 Å². The van der Waals surface area contributed by atoms with Crippen LogP contribution in [0.25, 0.3) is 0 Å². The number of rotatable bonds is 4. The zero-order valence-corrected chi connectivity index (χ0v) is 15.1. The summed E-state index contributed by atoms with van der Waals surface area (Å²) in [5, 5.41) is 4.14. The van der Waals surface area contributed by atoms with Gasteiger partial charge in [-0.2, -0.15) is 5.10 Å². The highest BCUT2D eigenvalue weighted by Crippen LogP contribution is 2.26. The number of furan rings is 1. The normalized spacial score (nSPS) is 17.2. The van der Waals surface area contributed by atoms with E-state index < -0.39 is 0 Å². The lowest BCUT2D eigenvalue weighted by Crippen LogP contribution is -2.39. The molecule has 1 fully saturated rings. The molecule has 3 aromatic heterocycles. The van der Waals surface area contributed by atoms with Crippen molar-refractivity contribution in [2.75, 3.05) is 13.1 Å². The highest BCUT2D eigenvalue weighted by atomic mass is 16.4. The van der Waals surface area contributed by atoms with E-state index in [1.807, 2.05) is 12.3 Å². The van der Waals surface area contributed by atoms with Crippen LogP contribution in [0.1, 0.15) is 46.6 Å². The van der Waals surface area contributed by atoms with Gasteiger partial charge in [0.1, 0.15) is 11.6 Å². The Morgan fingerprint density at radius 1 is 1.41 bits per heavy atom. The number of carbonyl (C=O) groups is 1. The van der Waals surface area contributed by atoms with Crippen molar-refractivity contribution in [1.29, 1.82) is 0 Å². The number of hydrogen-bond donors (Lipinski definition) is 1. The molecule has 140 valence electrons. The monoisotopic (exact) mass is 367 g/mol. The number of aromatic amines is 1. The molecule has 27 heavy (non-hydrogen) atoms. The number of carbonyl (C=O) groups excluding carboxylic acids is 1. The van der Waals surface area contributed by atoms with Crippen LogP contribution in [0, 0.1) is 6.92 Å². The lowest BCUT2D eigenvalue weighted by Gasteiger charge is -2.32. The molecule has 0 spiro atoms. The number of likely N-dealkylation sites (tertiary alicyclic amines) is 1. The average Bonchev–Trinajstić information content (AvgIpc) is 3.33. The maximum absolute atomic E-state index is 12.8. The summed E-state index contributed by atoms with van der Waals surface area (Å²) in [6, 6.07) is 6.88. The fraction of sp³-hybridized carbons (Fsp3) is 0.368. The van der Waals surface area contributed by atoms with Crippen molar-refractivity contribution in [3.63, 3.8) is 0 Å². The molecular weight excluding hydrogens is 346 g/mol. The van der Waals surface area contributed by atoms with Crippen molar-refractivity contribution in [1.82, 2.24) is 24.6 Å². The number of nitrogens with zero attached hydrogens (tertiary/aromatic N) is 4. The van der Waals surface area contributed by atoms with Gasteiger partial charge in [0.25, 0.3) is 11.5 Å². The van der Waals surface area contributed by atoms with Crippen LogP contribution in [0.4, 0.5) is 0 Å². The quantitative estimate of drug-likeness (QED) is 0.760. The lowest BCUT2D eigenvalue weighted by atomic mass is 9.94. The number of aryl methyl sites for hydroxylation is 1. The fourth-order valence-corrected chi connectivity index (χ4v) is 3.50. The van der Waals surface area contributed by atoms with Gasteiger partial charge in [-0.15, -0.1) is 0 Å². The van der Waals surface area contributed by atoms with Crippen LogP contribution in [0.5, 0.6) is 0 Å². The Labute approximate surface area is 155 Å². The molecule has 1 amide bonds. The van der Waals surface area contributed by atoms with E-state index in [0.717, 1.165) is 18.5 Å². The van der Waals surface area contributed by atoms with Gasteiger partial charge < -0.3 is 14.3 Å². The zero-order valence-electron chi connectivity index (χ0n) is 15.1. The second kappa shape index (κ2) is 7.22. The largest absolute Gasteiger partial charge is 0.454 e. The van der Waals surface area contributed by atoms with Gasteiger partial charge in [-0.1, -0.05) is 0 Å². The molecule has 1 saturated heterocycles. The molecule has 1 N–H and O–H groups in total. The van der Waals surface area contributed by atoms with E-state index in [-0.39, 0.29) is 17.4 Å². The summed E-state index contributed by atoms with van der Waals surface area (Å²) in [5.74, 6) is 1.53. The molecular formula is C19H21N5O3. The van der Waals surface area contributed by atoms with Crippen LogP contribution in [0.2, 0.25) is 0 Å². The third kappa shape index (κ3) is 3.84. The number of aromatic nitrogens is 4. The lowest BCUT2D eigenvalue weighted by molar-refractivity contribution is 0.0671. The Morgan fingerprint density at radius 2 is 2.30 bits per heavy atom. The summed E-state index contributed by atoms with van der Waals surface area (Å²) in [7, 11) is 0. The molecule has 3 aromatic rings. The molecule has 8 nitrogen and oxygen atoms in total. The number of piperidine rings is 1. The van der Waals surface area contributed by atoms with Crippen LogP contribution in [-0.4, -0.2) is 43.6 Å². The van der Waals surface area contributed by atoms with Gasteiger partial charge in [0, 0.05) is 37.5 Å². The first-order valence-electron chi connectivity index (χ1n) is 9.02. The predicted molar refractivity (Wildman–Crippen MR) is 97.5 cm³/mol. The molecule has 1 aliphatic heterocycles. The molecule has 1 atom stereocenters. The molecule has 4 rings (SSSR count). The Hall–Kier alpha value is -3.16. The number of hydrogen-bond acceptors (Lipinski definition) is 5. The molecule has 0 bridgehead atoms. The molecule has 0 radical (unpaired) electrons. The summed E-state index contributed by atoms with van der Waals surface area (Å²) in [6.07, 6.45) is 5.32. The van der Waals surface area contributed by atoms with Gasteiger partial charge in [-0.25, -0.2) is 4.98 Å². The van der Waals surface area contributed by atoms with E-state index in [9.17, 15) is 9.59 Å². The Kier molecular flexibility index (Phi) is 4.62. The summed E-state index contributed by atoms with van der Waals surface area (Å²) >= 11 is 0. The van der Waals surface area contributed by atoms with Gasteiger partial charge in [0.2, 0.25) is 0 Å². The molecule has 0 unspecified atom stereocenters. The van der Waals surface area contributed by atoms with Crippen molar-refractivity contribution < 1.29 is 9.21 Å². The van der Waals surface area contributed by atoms with Crippen molar-refractivity contribution >= 4 is 5.91 Å². The second-order valence-electron chi connectivity index (χ2n) is 6.82. The Balaban J connectivity index is 1.47. The molecule has 1 aliphatic rings. The van der Waals surface area contributed by atoms with Crippen LogP contribution in [-0.2, 0) is 6.54 Å². The second-order valence-corrected chi connectivity index (χ2v) is 6.82. The molecule has 0 aliphatic carbocycles. The van der Waals surface area contributed by atoms with Gasteiger partial charge in [-0.05, 0) is 38.0 Å². The number of H-pyrrole nitrogens is 1. The van der Waals surface area contributed by atoms with Crippen molar-refractivity contribution in [3.05, 3.63) is 70.1 Å². The smallest absolute Gasteiger partial charge is 0.289 e. The van der Waals surface area contributed by atoms with E-state index in [1.165, 1.54) is 6.07 Å². The van der Waals surface area contributed by atoms with Crippen molar-refractivity contribution in [2.45, 2.75) is 32.2 Å². The number of amides is 1. The molecule has 0 aromatic carbocycles. The van der Waals surface area contributed by atoms with Crippen LogP contribution in [0.3, 0.4) is 0 Å². The molecule has 0 saturated carbocycles. The average molecular weight is 367 g/mol. The van der Waals surface area contributed by atoms with E-state index in [0.29, 0.717) is 37.0 Å². The fourth-order valence-electron chi connectivity index (χ4n) is 3.50. The summed E-state index contributed by atoms with van der Waals surface area (Å²) in [6.45, 7) is 3.45. The van der Waals surface area contributed by atoms with E-state index in [4.69, 9.17) is 4.42 Å². The maximum atomic E-state index is 12.8. The van der Waals surface area contributed by atoms with E-state index >= 15 is 0 Å². The minimum atomic E-state index is -0.157. The summed E-state index contributed by atoms with van der Waals surface area (Å²) < 4.78 is 7.47. The third-order valence-corrected chi connectivity index (χ3v) is 4.76. The van der Waals surface area contributed by atoms with Gasteiger partial charge in [0.05, 0.1) is 12.2 Å². The van der Waals surface area contributed by atoms with E-state index in [1.54, 1.807) is 34.8 Å². The SMILES string of the molecule is Cc1nc([C@H]2CCCN(C(=O)c3ccc(Cn4cccn4)o3)C2)cc(=O)[nH]1. The van der Waals surface area contributed by atoms with Crippen LogP contribution >= 0.6 is 0 Å². The zero-order chi connectivity index (χ0) is 18.8. The number of nitrogens with one attached hydrogen (secondary N) is 1. The Bertz CT molecular complexity index is 989. The van der Waals surface area contributed by atoms with Crippen LogP contribution < -0.4 is 5.56 Å². The first-order chi connectivity index (χ1) is 13.1. The molecule has 4 heterocycles. The van der Waals surface area contributed by atoms with Gasteiger partial charge >= 0.3 is 0 Å². The first kappa shape index (κ1) is 17.3. The van der Waals surface area contributed by atoms with Crippen LogP contribution in [0.15, 0.2) is 45.9 Å². The van der Waals surface area contributed by atoms with E-state index in [2.05, 4.69) is 15.1 Å². The molecule has 8 heteroatoms. The first-order valence-corrected chi connectivity index (χ1v) is 9.02. The van der Waals surface area contributed by atoms with Gasteiger partial charge in [0.15, 0.2) is 5.76 Å². The van der Waals surface area contributed by atoms with Gasteiger partial charge in [-0.3, -0.25) is 14.3 Å². The standard InChI is InChI=1S/C19H21N5O3/c1-13-21-16(10-18(25)22-13)14-4-2-8-23(11-14)19(26)17-6-5-15(27-17)12-24-9-3-7-20-24/h3,5-7,9-10,14H,2,4,8,11-12H2,1H3,(H,21,22,25)/t14-/m0/s1.